The van der Waals surface area contributed by atoms with Crippen molar-refractivity contribution in [1.82, 2.24) is 4.90 Å². The first kappa shape index (κ1) is 14.8. The van der Waals surface area contributed by atoms with Crippen LogP contribution in [0.2, 0.25) is 0 Å². The molecule has 0 saturated carbocycles. The molecule has 106 valence electrons. The predicted octanol–water partition coefficient (Wildman–Crippen LogP) is 3.37. The molecule has 2 rings (SSSR count). The smallest absolute Gasteiger partial charge is 0.176 e. The number of nitrogens with zero attached hydrogens (tertiary/aromatic N) is 1. The number of hydrogen-bond acceptors (Lipinski definition) is 4. The molecule has 0 bridgehead atoms. The minimum absolute atomic E-state index is 0.0578. The molecule has 4 nitrogen and oxygen atoms in total. The summed E-state index contributed by atoms with van der Waals surface area (Å²) in [7, 11) is 3.48. The van der Waals surface area contributed by atoms with Crippen LogP contribution in [-0.2, 0) is 6.54 Å². The monoisotopic (exact) mass is 337 g/mol. The van der Waals surface area contributed by atoms with E-state index in [2.05, 4.69) is 15.9 Å². The van der Waals surface area contributed by atoms with E-state index in [4.69, 9.17) is 9.15 Å². The average molecular weight is 338 g/mol. The number of halogens is 1. The van der Waals surface area contributed by atoms with Crippen LogP contribution in [0.4, 0.5) is 0 Å². The van der Waals surface area contributed by atoms with Gasteiger partial charge in [0, 0.05) is 5.56 Å². The third kappa shape index (κ3) is 3.71. The number of Topliss-reactive ketones (excluding diaryl/α,β-unsaturated/α-hetero) is 1. The minimum Gasteiger partial charge on any atom is -0.496 e. The van der Waals surface area contributed by atoms with Crippen LogP contribution in [0, 0.1) is 0 Å². The quantitative estimate of drug-likeness (QED) is 0.758. The van der Waals surface area contributed by atoms with Crippen molar-refractivity contribution in [2.24, 2.45) is 0 Å². The zero-order valence-corrected chi connectivity index (χ0v) is 13.0. The van der Waals surface area contributed by atoms with Crippen molar-refractivity contribution in [3.05, 3.63) is 52.4 Å². The summed E-state index contributed by atoms with van der Waals surface area (Å²) in [6, 6.07) is 9.06. The van der Waals surface area contributed by atoms with Gasteiger partial charge in [0.2, 0.25) is 0 Å². The highest BCUT2D eigenvalue weighted by molar-refractivity contribution is 9.10. The van der Waals surface area contributed by atoms with E-state index in [0.717, 1.165) is 10.2 Å². The van der Waals surface area contributed by atoms with Gasteiger partial charge in [-0.3, -0.25) is 9.69 Å². The van der Waals surface area contributed by atoms with Gasteiger partial charge in [-0.2, -0.15) is 0 Å². The van der Waals surface area contributed by atoms with Gasteiger partial charge in [0.1, 0.15) is 11.5 Å². The molecule has 1 aromatic carbocycles. The Hall–Kier alpha value is -1.59. The first-order chi connectivity index (χ1) is 9.60. The number of rotatable bonds is 6. The van der Waals surface area contributed by atoms with Crippen LogP contribution in [0.25, 0.3) is 0 Å². The fraction of sp³-hybridized carbons (Fsp3) is 0.267. The van der Waals surface area contributed by atoms with Gasteiger partial charge in [-0.1, -0.05) is 0 Å². The number of hydrogen-bond donors (Lipinski definition) is 0. The van der Waals surface area contributed by atoms with Gasteiger partial charge in [-0.05, 0) is 53.3 Å². The molecule has 0 saturated heterocycles. The van der Waals surface area contributed by atoms with E-state index < -0.39 is 0 Å². The lowest BCUT2D eigenvalue weighted by molar-refractivity contribution is 0.0939. The van der Waals surface area contributed by atoms with E-state index in [1.54, 1.807) is 31.6 Å². The van der Waals surface area contributed by atoms with E-state index in [1.807, 2.05) is 24.1 Å². The van der Waals surface area contributed by atoms with E-state index in [0.29, 0.717) is 24.4 Å². The van der Waals surface area contributed by atoms with Gasteiger partial charge in [-0.15, -0.1) is 0 Å². The van der Waals surface area contributed by atoms with Crippen LogP contribution in [-0.4, -0.2) is 31.4 Å². The molecule has 0 N–H and O–H groups in total. The van der Waals surface area contributed by atoms with Gasteiger partial charge in [-0.25, -0.2) is 0 Å². The molecular weight excluding hydrogens is 322 g/mol. The lowest BCUT2D eigenvalue weighted by Crippen LogP contribution is -2.25. The van der Waals surface area contributed by atoms with Gasteiger partial charge in [0.05, 0.1) is 30.9 Å². The maximum Gasteiger partial charge on any atom is 0.176 e. The second-order valence-corrected chi connectivity index (χ2v) is 5.38. The number of carbonyl (C=O) groups is 1. The summed E-state index contributed by atoms with van der Waals surface area (Å²) in [6.45, 7) is 0.940. The highest BCUT2D eigenvalue weighted by Gasteiger charge is 2.12. The fourth-order valence-electron chi connectivity index (χ4n) is 1.90. The van der Waals surface area contributed by atoms with Crippen LogP contribution < -0.4 is 4.74 Å². The highest BCUT2D eigenvalue weighted by Crippen LogP contribution is 2.25. The number of benzene rings is 1. The minimum atomic E-state index is 0.0578. The number of furan rings is 1. The van der Waals surface area contributed by atoms with Gasteiger partial charge >= 0.3 is 0 Å². The summed E-state index contributed by atoms with van der Waals surface area (Å²) in [5, 5.41) is 0. The van der Waals surface area contributed by atoms with Gasteiger partial charge < -0.3 is 9.15 Å². The summed E-state index contributed by atoms with van der Waals surface area (Å²) in [5.41, 5.74) is 0.656. The van der Waals surface area contributed by atoms with E-state index in [-0.39, 0.29) is 5.78 Å². The third-order valence-electron chi connectivity index (χ3n) is 2.89. The van der Waals surface area contributed by atoms with Crippen LogP contribution >= 0.6 is 15.9 Å². The molecule has 2 aromatic rings. The Labute approximate surface area is 126 Å². The second-order valence-electron chi connectivity index (χ2n) is 4.52. The maximum absolute atomic E-state index is 12.2. The first-order valence-electron chi connectivity index (χ1n) is 6.18. The molecule has 0 unspecified atom stereocenters. The number of ether oxygens (including phenoxy) is 1. The number of ketones is 1. The van der Waals surface area contributed by atoms with Crippen molar-refractivity contribution < 1.29 is 13.9 Å². The van der Waals surface area contributed by atoms with Crippen molar-refractivity contribution in [1.29, 1.82) is 0 Å². The first-order valence-corrected chi connectivity index (χ1v) is 6.97. The summed E-state index contributed by atoms with van der Waals surface area (Å²) in [4.78, 5) is 14.1. The normalized spacial score (nSPS) is 10.8. The molecule has 0 aliphatic heterocycles. The topological polar surface area (TPSA) is 42.7 Å². The SMILES string of the molecule is COc1ccc(C(=O)CN(C)Cc2ccco2)cc1Br. The number of carbonyl (C=O) groups excluding carboxylic acids is 1. The fourth-order valence-corrected chi connectivity index (χ4v) is 2.44. The average Bonchev–Trinajstić information content (AvgIpc) is 2.91. The molecule has 5 heteroatoms. The summed E-state index contributed by atoms with van der Waals surface area (Å²) >= 11 is 3.38. The van der Waals surface area contributed by atoms with E-state index in [1.165, 1.54) is 0 Å². The van der Waals surface area contributed by atoms with Crippen molar-refractivity contribution in [2.45, 2.75) is 6.54 Å². The van der Waals surface area contributed by atoms with Crippen LogP contribution in [0.5, 0.6) is 5.75 Å². The number of methoxy groups -OCH3 is 1. The summed E-state index contributed by atoms with van der Waals surface area (Å²) < 4.78 is 11.2. The second kappa shape index (κ2) is 6.72. The molecule has 0 amide bonds. The molecule has 1 aromatic heterocycles. The standard InChI is InChI=1S/C15H16BrNO3/c1-17(9-12-4-3-7-20-12)10-14(18)11-5-6-15(19-2)13(16)8-11/h3-8H,9-10H2,1-2H3. The number of likely N-dealkylation sites (N-methyl/N-ethyl adjacent to an activating group) is 1. The molecule has 0 aliphatic carbocycles. The Bertz CT molecular complexity index is 581. The Morgan fingerprint density at radius 3 is 2.80 bits per heavy atom. The van der Waals surface area contributed by atoms with E-state index in [9.17, 15) is 4.79 Å². The maximum atomic E-state index is 12.2. The Morgan fingerprint density at radius 2 is 2.20 bits per heavy atom. The van der Waals surface area contributed by atoms with Gasteiger partial charge in [0.15, 0.2) is 5.78 Å². The van der Waals surface area contributed by atoms with Crippen molar-refractivity contribution in [2.75, 3.05) is 20.7 Å². The van der Waals surface area contributed by atoms with Crippen molar-refractivity contribution >= 4 is 21.7 Å². The van der Waals surface area contributed by atoms with Crippen LogP contribution in [0.1, 0.15) is 16.1 Å². The molecule has 0 atom stereocenters. The molecule has 1 heterocycles. The summed E-state index contributed by atoms with van der Waals surface area (Å²) in [6.07, 6.45) is 1.63. The summed E-state index contributed by atoms with van der Waals surface area (Å²) in [5.74, 6) is 1.61. The lowest BCUT2D eigenvalue weighted by atomic mass is 10.1. The predicted molar refractivity (Wildman–Crippen MR) is 80.1 cm³/mol. The molecule has 0 fully saturated rings. The van der Waals surface area contributed by atoms with Crippen molar-refractivity contribution in [3.8, 4) is 5.75 Å². The zero-order valence-electron chi connectivity index (χ0n) is 11.4. The largest absolute Gasteiger partial charge is 0.496 e. The Balaban J connectivity index is 1.99. The molecule has 0 radical (unpaired) electrons. The molecular formula is C15H16BrNO3. The highest BCUT2D eigenvalue weighted by atomic mass is 79.9. The molecule has 20 heavy (non-hydrogen) atoms. The lowest BCUT2D eigenvalue weighted by Gasteiger charge is -2.14. The van der Waals surface area contributed by atoms with Crippen LogP contribution in [0.15, 0.2) is 45.5 Å². The Morgan fingerprint density at radius 1 is 1.40 bits per heavy atom. The molecule has 0 aliphatic rings. The van der Waals surface area contributed by atoms with Gasteiger partial charge in [0.25, 0.3) is 0 Å². The van der Waals surface area contributed by atoms with Crippen molar-refractivity contribution in [3.63, 3.8) is 0 Å². The van der Waals surface area contributed by atoms with Crippen LogP contribution in [0.3, 0.4) is 0 Å². The van der Waals surface area contributed by atoms with E-state index >= 15 is 0 Å². The third-order valence-corrected chi connectivity index (χ3v) is 3.51. The molecule has 0 spiro atoms. The zero-order chi connectivity index (χ0) is 14.5. The Kier molecular flexibility index (Phi) is 4.98.